The molecule has 30 heavy (non-hydrogen) atoms. The zero-order chi connectivity index (χ0) is 23.1. The number of benzene rings is 1. The van der Waals surface area contributed by atoms with E-state index in [1.54, 1.807) is 20.8 Å². The van der Waals surface area contributed by atoms with Crippen LogP contribution < -0.4 is 10.1 Å². The van der Waals surface area contributed by atoms with E-state index in [1.807, 2.05) is 45.9 Å². The van der Waals surface area contributed by atoms with Gasteiger partial charge in [0.2, 0.25) is 0 Å². The number of para-hydroxylation sites is 1. The number of amides is 1. The largest absolute Gasteiger partial charge is 0.452 e. The van der Waals surface area contributed by atoms with E-state index in [9.17, 15) is 14.4 Å². The predicted octanol–water partition coefficient (Wildman–Crippen LogP) is 4.21. The van der Waals surface area contributed by atoms with Crippen molar-refractivity contribution in [2.24, 2.45) is 0 Å². The maximum atomic E-state index is 12.4. The number of alkyl carbamates (subject to hydrolysis) is 1. The van der Waals surface area contributed by atoms with Crippen LogP contribution in [0.15, 0.2) is 18.2 Å². The van der Waals surface area contributed by atoms with Crippen molar-refractivity contribution in [3.63, 3.8) is 0 Å². The Hall–Kier alpha value is -2.22. The first-order valence-electron chi connectivity index (χ1n) is 9.96. The summed E-state index contributed by atoms with van der Waals surface area (Å²) in [6, 6.07) is 4.70. The molecule has 1 rings (SSSR count). The van der Waals surface area contributed by atoms with E-state index in [0.29, 0.717) is 5.75 Å². The van der Waals surface area contributed by atoms with Gasteiger partial charge in [-0.05, 0) is 43.7 Å². The number of carbonyl (C=O) groups excluding carboxylic acids is 3. The second-order valence-electron chi connectivity index (χ2n) is 8.54. The summed E-state index contributed by atoms with van der Waals surface area (Å²) >= 11 is 4.05. The zero-order valence-corrected chi connectivity index (χ0v) is 19.7. The quantitative estimate of drug-likeness (QED) is 0.358. The maximum absolute atomic E-state index is 12.4. The molecule has 0 aromatic heterocycles. The highest BCUT2D eigenvalue weighted by atomic mass is 32.1. The van der Waals surface area contributed by atoms with Gasteiger partial charge in [0.15, 0.2) is 6.61 Å². The molecule has 0 aliphatic rings. The summed E-state index contributed by atoms with van der Waals surface area (Å²) in [7, 11) is 0. The first kappa shape index (κ1) is 25.8. The van der Waals surface area contributed by atoms with Gasteiger partial charge in [-0.15, -0.1) is 0 Å². The molecule has 8 heteroatoms. The Bertz CT molecular complexity index is 728. The van der Waals surface area contributed by atoms with Crippen molar-refractivity contribution in [2.45, 2.75) is 71.9 Å². The summed E-state index contributed by atoms with van der Waals surface area (Å²) in [5.41, 5.74) is 1.10. The standard InChI is InChI=1S/C22H33NO6S/c1-13(2)15-9-8-10-16(14(3)4)19(15)28-18(24)11-27-20(25)17(12-30)23-21(26)29-22(5,6)7/h8-10,13-14,17,30H,11-12H2,1-7H3,(H,23,26)/t17-/m0/s1. The predicted molar refractivity (Wildman–Crippen MR) is 118 cm³/mol. The summed E-state index contributed by atoms with van der Waals surface area (Å²) in [5.74, 6) is -0.703. The number of nitrogens with one attached hydrogen (secondary N) is 1. The van der Waals surface area contributed by atoms with E-state index in [4.69, 9.17) is 14.2 Å². The van der Waals surface area contributed by atoms with Gasteiger partial charge in [0.25, 0.3) is 0 Å². The van der Waals surface area contributed by atoms with Crippen molar-refractivity contribution in [3.05, 3.63) is 29.3 Å². The third-order valence-electron chi connectivity index (χ3n) is 4.03. The average molecular weight is 440 g/mol. The summed E-state index contributed by atoms with van der Waals surface area (Å²) in [4.78, 5) is 36.4. The highest BCUT2D eigenvalue weighted by molar-refractivity contribution is 7.80. The van der Waals surface area contributed by atoms with Crippen LogP contribution in [0, 0.1) is 0 Å². The minimum Gasteiger partial charge on any atom is -0.452 e. The molecule has 0 bridgehead atoms. The highest BCUT2D eigenvalue weighted by Crippen LogP contribution is 2.34. The van der Waals surface area contributed by atoms with Crippen LogP contribution in [0.1, 0.15) is 71.4 Å². The Morgan fingerprint density at radius 2 is 1.57 bits per heavy atom. The van der Waals surface area contributed by atoms with Crippen LogP contribution in [0.3, 0.4) is 0 Å². The van der Waals surface area contributed by atoms with Gasteiger partial charge in [-0.1, -0.05) is 45.9 Å². The molecule has 0 saturated carbocycles. The molecule has 1 amide bonds. The molecule has 168 valence electrons. The molecule has 1 aromatic carbocycles. The normalized spacial score (nSPS) is 12.5. The molecule has 0 aliphatic carbocycles. The van der Waals surface area contributed by atoms with Crippen molar-refractivity contribution in [1.29, 1.82) is 0 Å². The van der Waals surface area contributed by atoms with Crippen molar-refractivity contribution in [1.82, 2.24) is 5.32 Å². The molecular weight excluding hydrogens is 406 g/mol. The van der Waals surface area contributed by atoms with Gasteiger partial charge >= 0.3 is 18.0 Å². The zero-order valence-electron chi connectivity index (χ0n) is 18.8. The van der Waals surface area contributed by atoms with Gasteiger partial charge in [-0.2, -0.15) is 12.6 Å². The number of rotatable bonds is 8. The Morgan fingerprint density at radius 1 is 1.03 bits per heavy atom. The van der Waals surface area contributed by atoms with Crippen LogP contribution >= 0.6 is 12.6 Å². The molecule has 1 aromatic rings. The van der Waals surface area contributed by atoms with Crippen LogP contribution in [0.4, 0.5) is 4.79 Å². The lowest BCUT2D eigenvalue weighted by molar-refractivity contribution is -0.154. The molecule has 1 N–H and O–H groups in total. The number of hydrogen-bond acceptors (Lipinski definition) is 7. The molecule has 0 fully saturated rings. The number of thiol groups is 1. The van der Waals surface area contributed by atoms with Crippen LogP contribution in [-0.2, 0) is 19.1 Å². The van der Waals surface area contributed by atoms with Crippen molar-refractivity contribution in [2.75, 3.05) is 12.4 Å². The first-order chi connectivity index (χ1) is 13.9. The molecule has 7 nitrogen and oxygen atoms in total. The molecule has 0 saturated heterocycles. The molecule has 1 atom stereocenters. The summed E-state index contributed by atoms with van der Waals surface area (Å²) in [6.07, 6.45) is -0.770. The third kappa shape index (κ3) is 8.26. The lowest BCUT2D eigenvalue weighted by Crippen LogP contribution is -2.45. The molecule has 0 aliphatic heterocycles. The minimum atomic E-state index is -1.05. The minimum absolute atomic E-state index is 0.0131. The molecule has 0 radical (unpaired) electrons. The summed E-state index contributed by atoms with van der Waals surface area (Å²) < 4.78 is 15.7. The van der Waals surface area contributed by atoms with Crippen LogP contribution in [0.25, 0.3) is 0 Å². The molecular formula is C22H33NO6S. The molecule has 0 heterocycles. The van der Waals surface area contributed by atoms with E-state index < -0.39 is 36.3 Å². The van der Waals surface area contributed by atoms with E-state index in [-0.39, 0.29) is 17.6 Å². The summed E-state index contributed by atoms with van der Waals surface area (Å²) in [5, 5.41) is 2.38. The van der Waals surface area contributed by atoms with Gasteiger partial charge in [-0.25, -0.2) is 14.4 Å². The fourth-order valence-corrected chi connectivity index (χ4v) is 2.84. The topological polar surface area (TPSA) is 90.9 Å². The van der Waals surface area contributed by atoms with E-state index in [2.05, 4.69) is 17.9 Å². The highest BCUT2D eigenvalue weighted by Gasteiger charge is 2.26. The van der Waals surface area contributed by atoms with Gasteiger partial charge in [0, 0.05) is 5.75 Å². The van der Waals surface area contributed by atoms with Gasteiger partial charge in [0.05, 0.1) is 0 Å². The first-order valence-corrected chi connectivity index (χ1v) is 10.6. The lowest BCUT2D eigenvalue weighted by atomic mass is 9.94. The monoisotopic (exact) mass is 439 g/mol. The van der Waals surface area contributed by atoms with Crippen LogP contribution in [-0.4, -0.2) is 42.0 Å². The Balaban J connectivity index is 2.76. The number of ether oxygens (including phenoxy) is 3. The molecule has 0 spiro atoms. The average Bonchev–Trinajstić information content (AvgIpc) is 2.62. The SMILES string of the molecule is CC(C)c1cccc(C(C)C)c1OC(=O)COC(=O)[C@H](CS)NC(=O)OC(C)(C)C. The summed E-state index contributed by atoms with van der Waals surface area (Å²) in [6.45, 7) is 12.6. The lowest BCUT2D eigenvalue weighted by Gasteiger charge is -2.22. The van der Waals surface area contributed by atoms with E-state index >= 15 is 0 Å². The number of esters is 2. The Kier molecular flexibility index (Phi) is 9.68. The molecule has 0 unspecified atom stereocenters. The maximum Gasteiger partial charge on any atom is 0.408 e. The van der Waals surface area contributed by atoms with E-state index in [1.165, 1.54) is 0 Å². The second kappa shape index (κ2) is 11.2. The second-order valence-corrected chi connectivity index (χ2v) is 8.90. The fraction of sp³-hybridized carbons (Fsp3) is 0.591. The fourth-order valence-electron chi connectivity index (χ4n) is 2.60. The third-order valence-corrected chi connectivity index (χ3v) is 4.39. The van der Waals surface area contributed by atoms with Gasteiger partial charge in [0.1, 0.15) is 17.4 Å². The number of hydrogen-bond donors (Lipinski definition) is 2. The van der Waals surface area contributed by atoms with Gasteiger partial charge < -0.3 is 19.5 Å². The van der Waals surface area contributed by atoms with Crippen molar-refractivity contribution in [3.8, 4) is 5.75 Å². The smallest absolute Gasteiger partial charge is 0.408 e. The van der Waals surface area contributed by atoms with Crippen LogP contribution in [0.5, 0.6) is 5.75 Å². The van der Waals surface area contributed by atoms with Gasteiger partial charge in [-0.3, -0.25) is 0 Å². The van der Waals surface area contributed by atoms with Crippen LogP contribution in [0.2, 0.25) is 0 Å². The van der Waals surface area contributed by atoms with Crippen molar-refractivity contribution < 1.29 is 28.6 Å². The van der Waals surface area contributed by atoms with Crippen molar-refractivity contribution >= 4 is 30.7 Å². The Labute approximate surface area is 184 Å². The number of carbonyl (C=O) groups is 3. The Morgan fingerprint density at radius 3 is 2.00 bits per heavy atom. The van der Waals surface area contributed by atoms with E-state index in [0.717, 1.165) is 11.1 Å².